The Kier molecular flexibility index (Phi) is 5.21. The quantitative estimate of drug-likeness (QED) is 0.280. The molecule has 1 aliphatic heterocycles. The van der Waals surface area contributed by atoms with E-state index in [2.05, 4.69) is 15.0 Å². The molecule has 0 bridgehead atoms. The Balaban J connectivity index is 1.59. The summed E-state index contributed by atoms with van der Waals surface area (Å²) >= 11 is 0. The van der Waals surface area contributed by atoms with Crippen molar-refractivity contribution in [3.8, 4) is 0 Å². The van der Waals surface area contributed by atoms with Crippen LogP contribution in [0.5, 0.6) is 0 Å². The average Bonchev–Trinajstić information content (AvgIpc) is 3.52. The molecule has 1 N–H and O–H groups in total. The molecule has 0 saturated carbocycles. The largest absolute Gasteiger partial charge is 0.505 e. The van der Waals surface area contributed by atoms with Gasteiger partial charge in [0.05, 0.1) is 23.6 Å². The number of aryl methyl sites for hydroxylation is 2. The topological polar surface area (TPSA) is 106 Å². The van der Waals surface area contributed by atoms with E-state index in [0.717, 1.165) is 0 Å². The summed E-state index contributed by atoms with van der Waals surface area (Å²) in [5.74, 6) is -1.57. The standard InChI is InChI=1S/C24H22N6O3/c1-16-20(29-12-3-2-5-18(29)27-16)22(31)19-21(17-6-8-25-9-7-17)30(24(33)23(19)32)13-4-11-28-14-10-26-15-28/h2-3,5-10,12,14-15,21,31H,4,11,13H2,1H3. The minimum atomic E-state index is -0.718. The lowest BCUT2D eigenvalue weighted by Crippen LogP contribution is -2.31. The lowest BCUT2D eigenvalue weighted by Gasteiger charge is -2.25. The maximum absolute atomic E-state index is 13.2. The molecular weight excluding hydrogens is 420 g/mol. The lowest BCUT2D eigenvalue weighted by molar-refractivity contribution is -0.139. The van der Waals surface area contributed by atoms with Gasteiger partial charge in [0.15, 0.2) is 5.76 Å². The molecule has 5 rings (SSSR count). The molecule has 1 amide bonds. The van der Waals surface area contributed by atoms with Crippen LogP contribution in [0, 0.1) is 6.92 Å². The number of carbonyl (C=O) groups excluding carboxylic acids is 2. The molecular formula is C24H22N6O3. The van der Waals surface area contributed by atoms with Crippen molar-refractivity contribution >= 4 is 23.1 Å². The molecule has 0 aliphatic carbocycles. The van der Waals surface area contributed by atoms with Crippen LogP contribution < -0.4 is 0 Å². The molecule has 9 heteroatoms. The van der Waals surface area contributed by atoms with Gasteiger partial charge >= 0.3 is 0 Å². The highest BCUT2D eigenvalue weighted by Gasteiger charge is 2.46. The number of imidazole rings is 2. The van der Waals surface area contributed by atoms with Gasteiger partial charge in [0.1, 0.15) is 11.3 Å². The van der Waals surface area contributed by atoms with Crippen molar-refractivity contribution in [3.63, 3.8) is 0 Å². The van der Waals surface area contributed by atoms with Crippen LogP contribution in [0.4, 0.5) is 0 Å². The van der Waals surface area contributed by atoms with E-state index in [9.17, 15) is 14.7 Å². The van der Waals surface area contributed by atoms with Crippen LogP contribution in [0.2, 0.25) is 0 Å². The first-order chi connectivity index (χ1) is 16.1. The summed E-state index contributed by atoms with van der Waals surface area (Å²) in [6.07, 6.45) is 10.9. The van der Waals surface area contributed by atoms with Gasteiger partial charge in [-0.05, 0) is 43.2 Å². The molecule has 4 aromatic rings. The number of nitrogens with zero attached hydrogens (tertiary/aromatic N) is 6. The normalized spacial score (nSPS) is 17.8. The Morgan fingerprint density at radius 2 is 1.85 bits per heavy atom. The SMILES string of the molecule is Cc1nc2ccccn2c1C(O)=C1C(=O)C(=O)N(CCCn2ccnc2)C1c1ccncc1. The van der Waals surface area contributed by atoms with Gasteiger partial charge in [-0.15, -0.1) is 0 Å². The van der Waals surface area contributed by atoms with Crippen molar-refractivity contribution in [2.24, 2.45) is 0 Å². The summed E-state index contributed by atoms with van der Waals surface area (Å²) in [5, 5.41) is 11.4. The minimum Gasteiger partial charge on any atom is -0.505 e. The Morgan fingerprint density at radius 1 is 1.03 bits per heavy atom. The van der Waals surface area contributed by atoms with E-state index >= 15 is 0 Å². The van der Waals surface area contributed by atoms with E-state index in [1.165, 1.54) is 4.90 Å². The summed E-state index contributed by atoms with van der Waals surface area (Å²) in [5.41, 5.74) is 2.38. The van der Waals surface area contributed by atoms with Crippen LogP contribution in [-0.4, -0.2) is 52.2 Å². The fraction of sp³-hybridized carbons (Fsp3) is 0.208. The third kappa shape index (κ3) is 3.57. The number of rotatable bonds is 6. The zero-order valence-corrected chi connectivity index (χ0v) is 18.0. The Labute approximate surface area is 189 Å². The van der Waals surface area contributed by atoms with Crippen LogP contribution in [0.15, 0.2) is 73.2 Å². The van der Waals surface area contributed by atoms with Crippen molar-refractivity contribution in [1.29, 1.82) is 0 Å². The highest BCUT2D eigenvalue weighted by atomic mass is 16.3. The van der Waals surface area contributed by atoms with Gasteiger partial charge in [0, 0.05) is 44.1 Å². The fourth-order valence-electron chi connectivity index (χ4n) is 4.37. The second-order valence-electron chi connectivity index (χ2n) is 7.90. The van der Waals surface area contributed by atoms with Crippen molar-refractivity contribution in [2.75, 3.05) is 6.54 Å². The molecule has 0 aromatic carbocycles. The molecule has 0 spiro atoms. The van der Waals surface area contributed by atoms with E-state index in [1.54, 1.807) is 54.6 Å². The zero-order chi connectivity index (χ0) is 22.9. The van der Waals surface area contributed by atoms with Crippen LogP contribution in [0.25, 0.3) is 11.4 Å². The number of amides is 1. The fourth-order valence-corrected chi connectivity index (χ4v) is 4.37. The van der Waals surface area contributed by atoms with Crippen molar-refractivity contribution in [1.82, 2.24) is 28.8 Å². The molecule has 5 heterocycles. The van der Waals surface area contributed by atoms with Gasteiger partial charge < -0.3 is 14.6 Å². The number of pyridine rings is 2. The van der Waals surface area contributed by atoms with E-state index in [1.807, 2.05) is 29.0 Å². The molecule has 4 aromatic heterocycles. The number of ketones is 1. The molecule has 1 unspecified atom stereocenters. The molecule has 1 fully saturated rings. The average molecular weight is 442 g/mol. The maximum Gasteiger partial charge on any atom is 0.295 e. The van der Waals surface area contributed by atoms with Crippen LogP contribution in [0.3, 0.4) is 0 Å². The van der Waals surface area contributed by atoms with E-state index in [0.29, 0.717) is 42.1 Å². The molecule has 166 valence electrons. The number of carbonyl (C=O) groups is 2. The number of hydrogen-bond acceptors (Lipinski definition) is 6. The minimum absolute atomic E-state index is 0.0579. The summed E-state index contributed by atoms with van der Waals surface area (Å²) in [4.78, 5) is 40.4. The second kappa shape index (κ2) is 8.34. The first-order valence-electron chi connectivity index (χ1n) is 10.6. The summed E-state index contributed by atoms with van der Waals surface area (Å²) in [6.45, 7) is 2.77. The Bertz CT molecular complexity index is 1360. The third-order valence-corrected chi connectivity index (χ3v) is 5.86. The van der Waals surface area contributed by atoms with Crippen LogP contribution in [-0.2, 0) is 16.1 Å². The van der Waals surface area contributed by atoms with Crippen molar-refractivity contribution < 1.29 is 14.7 Å². The van der Waals surface area contributed by atoms with Gasteiger partial charge in [0.25, 0.3) is 11.7 Å². The van der Waals surface area contributed by atoms with Crippen molar-refractivity contribution in [3.05, 3.63) is 90.2 Å². The molecule has 33 heavy (non-hydrogen) atoms. The Hall–Kier alpha value is -4.27. The number of hydrogen-bond donors (Lipinski definition) is 1. The molecule has 1 atom stereocenters. The number of fused-ring (bicyclic) bond motifs is 1. The number of aromatic nitrogens is 5. The number of likely N-dealkylation sites (tertiary alicyclic amines) is 1. The van der Waals surface area contributed by atoms with Gasteiger partial charge in [0.2, 0.25) is 0 Å². The van der Waals surface area contributed by atoms with E-state index < -0.39 is 17.7 Å². The smallest absolute Gasteiger partial charge is 0.295 e. The maximum atomic E-state index is 13.2. The predicted molar refractivity (Wildman–Crippen MR) is 120 cm³/mol. The van der Waals surface area contributed by atoms with Crippen LogP contribution >= 0.6 is 0 Å². The monoisotopic (exact) mass is 442 g/mol. The highest BCUT2D eigenvalue weighted by Crippen LogP contribution is 2.39. The Morgan fingerprint density at radius 3 is 2.61 bits per heavy atom. The molecule has 9 nitrogen and oxygen atoms in total. The zero-order valence-electron chi connectivity index (χ0n) is 18.0. The van der Waals surface area contributed by atoms with E-state index in [-0.39, 0.29) is 11.3 Å². The van der Waals surface area contributed by atoms with Gasteiger partial charge in [-0.25, -0.2) is 9.97 Å². The van der Waals surface area contributed by atoms with Crippen LogP contribution in [0.1, 0.15) is 29.4 Å². The number of aliphatic hydroxyl groups is 1. The summed E-state index contributed by atoms with van der Waals surface area (Å²) in [7, 11) is 0. The molecule has 0 radical (unpaired) electrons. The molecule has 1 aliphatic rings. The summed E-state index contributed by atoms with van der Waals surface area (Å²) in [6, 6.07) is 8.28. The van der Waals surface area contributed by atoms with E-state index in [4.69, 9.17) is 0 Å². The van der Waals surface area contributed by atoms with Gasteiger partial charge in [-0.3, -0.25) is 19.0 Å². The molecule has 1 saturated heterocycles. The number of aliphatic hydroxyl groups excluding tert-OH is 1. The highest BCUT2D eigenvalue weighted by molar-refractivity contribution is 6.46. The van der Waals surface area contributed by atoms with Gasteiger partial charge in [-0.2, -0.15) is 0 Å². The van der Waals surface area contributed by atoms with Gasteiger partial charge in [-0.1, -0.05) is 6.07 Å². The predicted octanol–water partition coefficient (Wildman–Crippen LogP) is 2.75. The number of Topliss-reactive ketones (excluding diaryl/α,β-unsaturated/α-hetero) is 1. The summed E-state index contributed by atoms with van der Waals surface area (Å²) < 4.78 is 3.64. The lowest BCUT2D eigenvalue weighted by atomic mass is 9.97. The van der Waals surface area contributed by atoms with Crippen molar-refractivity contribution in [2.45, 2.75) is 25.9 Å². The first kappa shape index (κ1) is 20.6. The third-order valence-electron chi connectivity index (χ3n) is 5.86. The first-order valence-corrected chi connectivity index (χ1v) is 10.6. The second-order valence-corrected chi connectivity index (χ2v) is 7.90.